The molecule has 1 aromatic carbocycles. The van der Waals surface area contributed by atoms with Crippen LogP contribution in [0.15, 0.2) is 42.5 Å². The Bertz CT molecular complexity index is 355. The zero-order chi connectivity index (χ0) is 12.0. The lowest BCUT2D eigenvalue weighted by Crippen LogP contribution is -2.14. The van der Waals surface area contributed by atoms with E-state index < -0.39 is 18.0 Å². The van der Waals surface area contributed by atoms with Crippen molar-refractivity contribution >= 4 is 5.97 Å². The Hall–Kier alpha value is -1.61. The molecule has 0 bridgehead atoms. The second-order valence-electron chi connectivity index (χ2n) is 3.76. The van der Waals surface area contributed by atoms with Gasteiger partial charge in [0.25, 0.3) is 0 Å². The highest BCUT2D eigenvalue weighted by Crippen LogP contribution is 2.10. The van der Waals surface area contributed by atoms with E-state index in [1.807, 2.05) is 30.3 Å². The van der Waals surface area contributed by atoms with Crippen LogP contribution in [0.2, 0.25) is 0 Å². The molecule has 2 atom stereocenters. The van der Waals surface area contributed by atoms with Gasteiger partial charge >= 0.3 is 5.97 Å². The fraction of sp³-hybridized carbons (Fsp3) is 0.308. The minimum atomic E-state index is -0.874. The van der Waals surface area contributed by atoms with E-state index in [9.17, 15) is 4.79 Å². The maximum atomic E-state index is 11.0. The summed E-state index contributed by atoms with van der Waals surface area (Å²) in [6, 6.07) is 9.45. The number of benzene rings is 1. The van der Waals surface area contributed by atoms with Crippen LogP contribution in [0.4, 0.5) is 0 Å². The molecule has 86 valence electrons. The number of carboxylic acids is 1. The summed E-state index contributed by atoms with van der Waals surface area (Å²) in [7, 11) is 0. The van der Waals surface area contributed by atoms with Crippen molar-refractivity contribution in [2.45, 2.75) is 19.4 Å². The van der Waals surface area contributed by atoms with Gasteiger partial charge in [0.05, 0.1) is 12.0 Å². The summed E-state index contributed by atoms with van der Waals surface area (Å²) in [6.45, 7) is 1.60. The maximum Gasteiger partial charge on any atom is 0.310 e. The quantitative estimate of drug-likeness (QED) is 0.745. The van der Waals surface area contributed by atoms with Crippen molar-refractivity contribution in [2.75, 3.05) is 0 Å². The fourth-order valence-corrected chi connectivity index (χ4v) is 1.40. The van der Waals surface area contributed by atoms with Crippen LogP contribution in [-0.4, -0.2) is 22.3 Å². The summed E-state index contributed by atoms with van der Waals surface area (Å²) < 4.78 is 0. The molecule has 0 radical (unpaired) electrons. The van der Waals surface area contributed by atoms with Gasteiger partial charge in [0.2, 0.25) is 0 Å². The second-order valence-corrected chi connectivity index (χ2v) is 3.76. The number of aliphatic hydroxyl groups excluding tert-OH is 1. The number of hydrogen-bond acceptors (Lipinski definition) is 2. The molecule has 1 rings (SSSR count). The molecule has 0 heterocycles. The van der Waals surface area contributed by atoms with Gasteiger partial charge in [-0.1, -0.05) is 42.5 Å². The fourth-order valence-electron chi connectivity index (χ4n) is 1.40. The molecule has 0 unspecified atom stereocenters. The number of rotatable bonds is 5. The van der Waals surface area contributed by atoms with Crippen molar-refractivity contribution in [1.29, 1.82) is 0 Å². The molecular formula is C13H16O3. The van der Waals surface area contributed by atoms with Crippen LogP contribution >= 0.6 is 0 Å². The van der Waals surface area contributed by atoms with Gasteiger partial charge in [-0.2, -0.15) is 0 Å². The Morgan fingerprint density at radius 1 is 1.31 bits per heavy atom. The third-order valence-electron chi connectivity index (χ3n) is 2.24. The Labute approximate surface area is 95.0 Å². The molecule has 0 saturated heterocycles. The molecule has 3 nitrogen and oxygen atoms in total. The highest BCUT2D eigenvalue weighted by atomic mass is 16.4. The summed E-state index contributed by atoms with van der Waals surface area (Å²) >= 11 is 0. The summed E-state index contributed by atoms with van der Waals surface area (Å²) in [5, 5.41) is 18.1. The molecule has 0 aromatic heterocycles. The third kappa shape index (κ3) is 4.28. The molecule has 0 fully saturated rings. The number of hydrogen-bond donors (Lipinski definition) is 2. The average Bonchev–Trinajstić information content (AvgIpc) is 2.25. The standard InChI is InChI=1S/C13H16O3/c1-10(14)7-8-12(13(15)16)9-11-5-3-2-4-6-11/h2-8,10,12,14H,9H2,1H3,(H,15,16)/b8-7+/t10-,12-/m0/s1. The van der Waals surface area contributed by atoms with Crippen LogP contribution in [-0.2, 0) is 11.2 Å². The van der Waals surface area contributed by atoms with Crippen LogP contribution < -0.4 is 0 Å². The largest absolute Gasteiger partial charge is 0.481 e. The van der Waals surface area contributed by atoms with E-state index in [2.05, 4.69) is 0 Å². The average molecular weight is 220 g/mol. The summed E-state index contributed by atoms with van der Waals surface area (Å²) in [4.78, 5) is 11.0. The lowest BCUT2D eigenvalue weighted by molar-refractivity contribution is -0.140. The molecule has 0 amide bonds. The molecule has 0 aliphatic heterocycles. The Morgan fingerprint density at radius 3 is 2.44 bits per heavy atom. The van der Waals surface area contributed by atoms with Gasteiger partial charge in [0, 0.05) is 0 Å². The van der Waals surface area contributed by atoms with E-state index in [-0.39, 0.29) is 0 Å². The minimum Gasteiger partial charge on any atom is -0.481 e. The van der Waals surface area contributed by atoms with Gasteiger partial charge in [0.15, 0.2) is 0 Å². The molecule has 1 aromatic rings. The summed E-state index contributed by atoms with van der Waals surface area (Å²) in [5.41, 5.74) is 0.977. The molecule has 16 heavy (non-hydrogen) atoms. The lowest BCUT2D eigenvalue weighted by atomic mass is 9.98. The van der Waals surface area contributed by atoms with Crippen molar-refractivity contribution < 1.29 is 15.0 Å². The van der Waals surface area contributed by atoms with E-state index in [0.29, 0.717) is 6.42 Å². The van der Waals surface area contributed by atoms with Gasteiger partial charge in [0.1, 0.15) is 0 Å². The molecule has 0 aliphatic rings. The highest BCUT2D eigenvalue weighted by molar-refractivity contribution is 5.72. The van der Waals surface area contributed by atoms with Crippen molar-refractivity contribution in [1.82, 2.24) is 0 Å². The van der Waals surface area contributed by atoms with Gasteiger partial charge in [-0.3, -0.25) is 4.79 Å². The topological polar surface area (TPSA) is 57.5 Å². The van der Waals surface area contributed by atoms with Crippen LogP contribution in [0.25, 0.3) is 0 Å². The Balaban J connectivity index is 2.69. The van der Waals surface area contributed by atoms with Crippen molar-refractivity contribution in [3.05, 3.63) is 48.0 Å². The zero-order valence-corrected chi connectivity index (χ0v) is 9.21. The normalized spacial score (nSPS) is 14.9. The van der Waals surface area contributed by atoms with Gasteiger partial charge in [-0.05, 0) is 18.9 Å². The lowest BCUT2D eigenvalue weighted by Gasteiger charge is -2.08. The van der Waals surface area contributed by atoms with Crippen molar-refractivity contribution in [3.8, 4) is 0 Å². The predicted molar refractivity (Wildman–Crippen MR) is 62.1 cm³/mol. The van der Waals surface area contributed by atoms with Crippen molar-refractivity contribution in [3.63, 3.8) is 0 Å². The van der Waals surface area contributed by atoms with Gasteiger partial charge < -0.3 is 10.2 Å². The van der Waals surface area contributed by atoms with E-state index >= 15 is 0 Å². The number of carbonyl (C=O) groups is 1. The van der Waals surface area contributed by atoms with Crippen molar-refractivity contribution in [2.24, 2.45) is 5.92 Å². The number of carboxylic acid groups (broad SMARTS) is 1. The second kappa shape index (κ2) is 6.08. The SMILES string of the molecule is C[C@H](O)/C=C/[C@@H](Cc1ccccc1)C(=O)O. The monoisotopic (exact) mass is 220 g/mol. The molecular weight excluding hydrogens is 204 g/mol. The first-order valence-electron chi connectivity index (χ1n) is 5.22. The number of aliphatic hydroxyl groups is 1. The Kier molecular flexibility index (Phi) is 4.73. The van der Waals surface area contributed by atoms with E-state index in [0.717, 1.165) is 5.56 Å². The third-order valence-corrected chi connectivity index (χ3v) is 2.24. The summed E-state index contributed by atoms with van der Waals surface area (Å²) in [5.74, 6) is -1.46. The molecule has 0 saturated carbocycles. The zero-order valence-electron chi connectivity index (χ0n) is 9.21. The van der Waals surface area contributed by atoms with E-state index in [1.54, 1.807) is 13.0 Å². The predicted octanol–water partition coefficient (Wildman–Crippen LogP) is 1.87. The van der Waals surface area contributed by atoms with Gasteiger partial charge in [-0.15, -0.1) is 0 Å². The maximum absolute atomic E-state index is 11.0. The first kappa shape index (κ1) is 12.5. The first-order chi connectivity index (χ1) is 7.59. The highest BCUT2D eigenvalue weighted by Gasteiger charge is 2.14. The number of aliphatic carboxylic acids is 1. The van der Waals surface area contributed by atoms with Gasteiger partial charge in [-0.25, -0.2) is 0 Å². The molecule has 0 spiro atoms. The van der Waals surface area contributed by atoms with E-state index in [1.165, 1.54) is 6.08 Å². The Morgan fingerprint density at radius 2 is 1.94 bits per heavy atom. The minimum absolute atomic E-state index is 0.444. The van der Waals surface area contributed by atoms with Crippen LogP contribution in [0.5, 0.6) is 0 Å². The van der Waals surface area contributed by atoms with Crippen LogP contribution in [0.3, 0.4) is 0 Å². The van der Waals surface area contributed by atoms with Crippen LogP contribution in [0, 0.1) is 5.92 Å². The molecule has 2 N–H and O–H groups in total. The smallest absolute Gasteiger partial charge is 0.310 e. The van der Waals surface area contributed by atoms with Crippen LogP contribution in [0.1, 0.15) is 12.5 Å². The van der Waals surface area contributed by atoms with E-state index in [4.69, 9.17) is 10.2 Å². The first-order valence-corrected chi connectivity index (χ1v) is 5.22. The summed E-state index contributed by atoms with van der Waals surface area (Å²) in [6.07, 6.45) is 2.87. The molecule has 0 aliphatic carbocycles. The molecule has 3 heteroatoms.